The number of amides is 1. The summed E-state index contributed by atoms with van der Waals surface area (Å²) in [7, 11) is 3.38. The number of carbonyl (C=O) groups is 1. The van der Waals surface area contributed by atoms with Gasteiger partial charge in [0.05, 0.1) is 19.1 Å². The fourth-order valence-electron chi connectivity index (χ4n) is 4.81. The van der Waals surface area contributed by atoms with E-state index < -0.39 is 0 Å². The Morgan fingerprint density at radius 1 is 1.16 bits per heavy atom. The van der Waals surface area contributed by atoms with Gasteiger partial charge in [0.25, 0.3) is 0 Å². The molecule has 2 unspecified atom stereocenters. The van der Waals surface area contributed by atoms with Crippen LogP contribution >= 0.6 is 11.6 Å². The molecular weight excluding hydrogens is 426 g/mol. The lowest BCUT2D eigenvalue weighted by Crippen LogP contribution is -2.60. The molecule has 2 atom stereocenters. The lowest BCUT2D eigenvalue weighted by Gasteiger charge is -2.49. The number of anilines is 1. The Hall–Kier alpha value is -2.28. The van der Waals surface area contributed by atoms with Crippen molar-refractivity contribution >= 4 is 23.2 Å². The standard InChI is InChI=1S/C25H32ClN3O3/c1-31-13-3-10-27-25(30)22-14-19-6-9-21(32-2)15-23(19)29-12-11-28(17-24(22)29)16-18-4-7-20(26)8-5-18/h4-9,15,22,24H,3,10-14,16-17H2,1-2H3,(H,27,30). The summed E-state index contributed by atoms with van der Waals surface area (Å²) >= 11 is 6.05. The van der Waals surface area contributed by atoms with Crippen molar-refractivity contribution in [3.8, 4) is 5.75 Å². The number of hydrogen-bond donors (Lipinski definition) is 1. The van der Waals surface area contributed by atoms with E-state index in [0.717, 1.165) is 49.8 Å². The maximum Gasteiger partial charge on any atom is 0.225 e. The molecule has 2 aliphatic rings. The summed E-state index contributed by atoms with van der Waals surface area (Å²) < 4.78 is 10.6. The minimum absolute atomic E-state index is 0.0912. The molecule has 0 aliphatic carbocycles. The summed E-state index contributed by atoms with van der Waals surface area (Å²) in [4.78, 5) is 18.1. The number of benzene rings is 2. The highest BCUT2D eigenvalue weighted by molar-refractivity contribution is 6.30. The van der Waals surface area contributed by atoms with Crippen molar-refractivity contribution in [2.75, 3.05) is 51.9 Å². The molecule has 1 fully saturated rings. The molecule has 4 rings (SSSR count). The third kappa shape index (κ3) is 5.20. The third-order valence-corrected chi connectivity index (χ3v) is 6.74. The van der Waals surface area contributed by atoms with Crippen molar-refractivity contribution in [1.82, 2.24) is 10.2 Å². The zero-order valence-corrected chi connectivity index (χ0v) is 19.6. The van der Waals surface area contributed by atoms with Crippen molar-refractivity contribution < 1.29 is 14.3 Å². The average molecular weight is 458 g/mol. The summed E-state index contributed by atoms with van der Waals surface area (Å²) in [5.74, 6) is 0.894. The minimum Gasteiger partial charge on any atom is -0.497 e. The number of carbonyl (C=O) groups excluding carboxylic acids is 1. The van der Waals surface area contributed by atoms with Crippen molar-refractivity contribution in [1.29, 1.82) is 0 Å². The summed E-state index contributed by atoms with van der Waals surface area (Å²) in [6.07, 6.45) is 1.56. The van der Waals surface area contributed by atoms with Gasteiger partial charge in [-0.25, -0.2) is 0 Å². The normalized spacial score (nSPS) is 20.4. The smallest absolute Gasteiger partial charge is 0.225 e. The monoisotopic (exact) mass is 457 g/mol. The van der Waals surface area contributed by atoms with Crippen molar-refractivity contribution in [2.24, 2.45) is 5.92 Å². The van der Waals surface area contributed by atoms with E-state index >= 15 is 0 Å². The predicted molar refractivity (Wildman–Crippen MR) is 128 cm³/mol. The maximum absolute atomic E-state index is 13.2. The van der Waals surface area contributed by atoms with Gasteiger partial charge in [0.2, 0.25) is 5.91 Å². The molecule has 1 amide bonds. The Morgan fingerprint density at radius 2 is 1.97 bits per heavy atom. The van der Waals surface area contributed by atoms with E-state index in [-0.39, 0.29) is 17.9 Å². The highest BCUT2D eigenvalue weighted by atomic mass is 35.5. The van der Waals surface area contributed by atoms with Gasteiger partial charge in [-0.1, -0.05) is 29.8 Å². The lowest BCUT2D eigenvalue weighted by molar-refractivity contribution is -0.126. The summed E-state index contributed by atoms with van der Waals surface area (Å²) in [5, 5.41) is 3.89. The first kappa shape index (κ1) is 22.9. The molecule has 1 saturated heterocycles. The van der Waals surface area contributed by atoms with Crippen LogP contribution in [-0.4, -0.2) is 63.9 Å². The van der Waals surface area contributed by atoms with Gasteiger partial charge in [0, 0.05) is 63.2 Å². The topological polar surface area (TPSA) is 54.0 Å². The third-order valence-electron chi connectivity index (χ3n) is 6.49. The first-order valence-electron chi connectivity index (χ1n) is 11.3. The van der Waals surface area contributed by atoms with Crippen LogP contribution in [0.3, 0.4) is 0 Å². The maximum atomic E-state index is 13.2. The van der Waals surface area contributed by atoms with Gasteiger partial charge < -0.3 is 19.7 Å². The quantitative estimate of drug-likeness (QED) is 0.616. The van der Waals surface area contributed by atoms with E-state index in [1.54, 1.807) is 14.2 Å². The Labute approximate surface area is 195 Å². The van der Waals surface area contributed by atoms with Crippen LogP contribution in [0.15, 0.2) is 42.5 Å². The molecule has 0 saturated carbocycles. The van der Waals surface area contributed by atoms with Crippen LogP contribution in [0.4, 0.5) is 5.69 Å². The molecule has 1 N–H and O–H groups in total. The van der Waals surface area contributed by atoms with Crippen LogP contribution in [0.25, 0.3) is 0 Å². The van der Waals surface area contributed by atoms with E-state index in [4.69, 9.17) is 21.1 Å². The molecule has 7 heteroatoms. The van der Waals surface area contributed by atoms with Crippen LogP contribution < -0.4 is 15.0 Å². The van der Waals surface area contributed by atoms with Gasteiger partial charge in [-0.05, 0) is 42.2 Å². The SMILES string of the molecule is COCCCNC(=O)C1Cc2ccc(OC)cc2N2CCN(Cc3ccc(Cl)cc3)CC12. The number of piperazine rings is 1. The minimum atomic E-state index is -0.0912. The molecule has 2 heterocycles. The van der Waals surface area contributed by atoms with E-state index in [1.807, 2.05) is 18.2 Å². The Kier molecular flexibility index (Phi) is 7.55. The zero-order chi connectivity index (χ0) is 22.5. The number of hydrogen-bond acceptors (Lipinski definition) is 5. The number of methoxy groups -OCH3 is 2. The van der Waals surface area contributed by atoms with E-state index in [0.29, 0.717) is 13.2 Å². The second kappa shape index (κ2) is 10.6. The zero-order valence-electron chi connectivity index (χ0n) is 18.9. The highest BCUT2D eigenvalue weighted by Crippen LogP contribution is 2.38. The highest BCUT2D eigenvalue weighted by Gasteiger charge is 2.41. The Bertz CT molecular complexity index is 921. The van der Waals surface area contributed by atoms with Crippen LogP contribution in [0, 0.1) is 5.92 Å². The van der Waals surface area contributed by atoms with Gasteiger partial charge in [0.15, 0.2) is 0 Å². The van der Waals surface area contributed by atoms with Crippen molar-refractivity contribution in [3.05, 3.63) is 58.6 Å². The summed E-state index contributed by atoms with van der Waals surface area (Å²) in [6.45, 7) is 4.81. The largest absolute Gasteiger partial charge is 0.497 e. The van der Waals surface area contributed by atoms with Gasteiger partial charge in [0.1, 0.15) is 5.75 Å². The number of nitrogens with one attached hydrogen (secondary N) is 1. The summed E-state index contributed by atoms with van der Waals surface area (Å²) in [5.41, 5.74) is 3.65. The molecule has 2 aromatic rings. The van der Waals surface area contributed by atoms with E-state index in [2.05, 4.69) is 39.4 Å². The second-order valence-electron chi connectivity index (χ2n) is 8.56. The van der Waals surface area contributed by atoms with Crippen LogP contribution in [-0.2, 0) is 22.5 Å². The second-order valence-corrected chi connectivity index (χ2v) is 9.00. The van der Waals surface area contributed by atoms with E-state index in [9.17, 15) is 4.79 Å². The number of nitrogens with zero attached hydrogens (tertiary/aromatic N) is 2. The average Bonchev–Trinajstić information content (AvgIpc) is 2.82. The molecule has 2 aliphatic heterocycles. The first-order chi connectivity index (χ1) is 15.6. The predicted octanol–water partition coefficient (Wildman–Crippen LogP) is 3.36. The van der Waals surface area contributed by atoms with Crippen LogP contribution in [0.2, 0.25) is 5.02 Å². The Morgan fingerprint density at radius 3 is 2.72 bits per heavy atom. The first-order valence-corrected chi connectivity index (χ1v) is 11.6. The molecule has 32 heavy (non-hydrogen) atoms. The molecule has 172 valence electrons. The lowest BCUT2D eigenvalue weighted by atomic mass is 9.83. The number of rotatable bonds is 8. The van der Waals surface area contributed by atoms with Gasteiger partial charge in [-0.15, -0.1) is 0 Å². The Balaban J connectivity index is 1.53. The molecule has 0 radical (unpaired) electrons. The molecule has 0 bridgehead atoms. The fraction of sp³-hybridized carbons (Fsp3) is 0.480. The number of ether oxygens (including phenoxy) is 2. The van der Waals surface area contributed by atoms with Gasteiger partial charge in [-0.3, -0.25) is 9.69 Å². The molecule has 0 spiro atoms. The molecule has 6 nitrogen and oxygen atoms in total. The molecule has 2 aromatic carbocycles. The van der Waals surface area contributed by atoms with Crippen LogP contribution in [0.5, 0.6) is 5.75 Å². The van der Waals surface area contributed by atoms with Crippen molar-refractivity contribution in [2.45, 2.75) is 25.4 Å². The van der Waals surface area contributed by atoms with Crippen molar-refractivity contribution in [3.63, 3.8) is 0 Å². The molecule has 0 aromatic heterocycles. The summed E-state index contributed by atoms with van der Waals surface area (Å²) in [6, 6.07) is 14.4. The number of halogens is 1. The number of fused-ring (bicyclic) bond motifs is 3. The van der Waals surface area contributed by atoms with E-state index in [1.165, 1.54) is 16.8 Å². The fourth-order valence-corrected chi connectivity index (χ4v) is 4.94. The molecular formula is C25H32ClN3O3. The van der Waals surface area contributed by atoms with Gasteiger partial charge >= 0.3 is 0 Å². The van der Waals surface area contributed by atoms with Gasteiger partial charge in [-0.2, -0.15) is 0 Å². The van der Waals surface area contributed by atoms with Crippen LogP contribution in [0.1, 0.15) is 17.5 Å².